The van der Waals surface area contributed by atoms with Gasteiger partial charge in [0, 0.05) is 18.3 Å². The number of aromatic nitrogens is 1. The molecule has 0 bridgehead atoms. The smallest absolute Gasteiger partial charge is 0.104 e. The molecule has 0 saturated carbocycles. The second-order valence-corrected chi connectivity index (χ2v) is 4.96. The van der Waals surface area contributed by atoms with E-state index in [0.717, 1.165) is 34.1 Å². The lowest BCUT2D eigenvalue weighted by molar-refractivity contribution is 0.219. The van der Waals surface area contributed by atoms with Crippen molar-refractivity contribution in [2.45, 2.75) is 12.6 Å². The third-order valence-electron chi connectivity index (χ3n) is 3.61. The highest BCUT2D eigenvalue weighted by Gasteiger charge is 2.14. The van der Waals surface area contributed by atoms with Gasteiger partial charge in [0.25, 0.3) is 0 Å². The molecular formula is C17H18N2O. The van der Waals surface area contributed by atoms with Crippen LogP contribution in [-0.2, 0) is 6.54 Å². The Morgan fingerprint density at radius 2 is 2.00 bits per heavy atom. The predicted molar refractivity (Wildman–Crippen MR) is 81.6 cm³/mol. The summed E-state index contributed by atoms with van der Waals surface area (Å²) in [5.41, 5.74) is 4.08. The lowest BCUT2D eigenvalue weighted by Crippen LogP contribution is -2.10. The third-order valence-corrected chi connectivity index (χ3v) is 3.61. The largest absolute Gasteiger partial charge is 0.384 e. The fourth-order valence-electron chi connectivity index (χ4n) is 2.57. The molecule has 0 fully saturated rings. The van der Waals surface area contributed by atoms with Crippen LogP contribution in [0.4, 0.5) is 0 Å². The van der Waals surface area contributed by atoms with Crippen LogP contribution in [0.3, 0.4) is 0 Å². The van der Waals surface area contributed by atoms with Gasteiger partial charge >= 0.3 is 0 Å². The molecule has 102 valence electrons. The number of benzene rings is 2. The number of aromatic amines is 1. The molecule has 1 heterocycles. The van der Waals surface area contributed by atoms with Gasteiger partial charge in [-0.15, -0.1) is 0 Å². The van der Waals surface area contributed by atoms with Crippen molar-refractivity contribution < 1.29 is 5.11 Å². The normalized spacial score (nSPS) is 12.7. The van der Waals surface area contributed by atoms with Crippen molar-refractivity contribution in [2.75, 3.05) is 7.05 Å². The SMILES string of the molecule is CNCc1ccccc1C(O)c1ccc2[nH]ccc2c1. The molecule has 0 aliphatic heterocycles. The first-order valence-electron chi connectivity index (χ1n) is 6.77. The van der Waals surface area contributed by atoms with E-state index in [1.807, 2.05) is 61.8 Å². The van der Waals surface area contributed by atoms with Gasteiger partial charge in [0.15, 0.2) is 0 Å². The van der Waals surface area contributed by atoms with E-state index in [0.29, 0.717) is 0 Å². The summed E-state index contributed by atoms with van der Waals surface area (Å²) >= 11 is 0. The van der Waals surface area contributed by atoms with Crippen LogP contribution in [0.15, 0.2) is 54.7 Å². The Hall–Kier alpha value is -2.10. The Kier molecular flexibility index (Phi) is 3.54. The summed E-state index contributed by atoms with van der Waals surface area (Å²) in [4.78, 5) is 3.17. The fourth-order valence-corrected chi connectivity index (χ4v) is 2.57. The maximum absolute atomic E-state index is 10.7. The highest BCUT2D eigenvalue weighted by molar-refractivity contribution is 5.80. The molecule has 1 atom stereocenters. The van der Waals surface area contributed by atoms with E-state index in [1.165, 1.54) is 0 Å². The highest BCUT2D eigenvalue weighted by atomic mass is 16.3. The minimum atomic E-state index is -0.598. The van der Waals surface area contributed by atoms with Crippen LogP contribution in [0.1, 0.15) is 22.8 Å². The van der Waals surface area contributed by atoms with Crippen LogP contribution in [0.5, 0.6) is 0 Å². The minimum absolute atomic E-state index is 0.598. The van der Waals surface area contributed by atoms with Gasteiger partial charge in [-0.05, 0) is 47.3 Å². The number of rotatable bonds is 4. The Morgan fingerprint density at radius 1 is 1.15 bits per heavy atom. The van der Waals surface area contributed by atoms with Crippen LogP contribution < -0.4 is 5.32 Å². The molecule has 3 aromatic rings. The molecule has 3 heteroatoms. The summed E-state index contributed by atoms with van der Waals surface area (Å²) in [6, 6.07) is 16.0. The van der Waals surface area contributed by atoms with Gasteiger partial charge in [0.05, 0.1) is 0 Å². The van der Waals surface area contributed by atoms with Crippen molar-refractivity contribution in [1.29, 1.82) is 0 Å². The van der Waals surface area contributed by atoms with Crippen molar-refractivity contribution in [1.82, 2.24) is 10.3 Å². The number of nitrogens with one attached hydrogen (secondary N) is 2. The molecular weight excluding hydrogens is 248 g/mol. The second-order valence-electron chi connectivity index (χ2n) is 4.96. The van der Waals surface area contributed by atoms with Gasteiger partial charge in [0.2, 0.25) is 0 Å². The number of hydrogen-bond acceptors (Lipinski definition) is 2. The first-order valence-corrected chi connectivity index (χ1v) is 6.77. The quantitative estimate of drug-likeness (QED) is 0.680. The summed E-state index contributed by atoms with van der Waals surface area (Å²) in [5.74, 6) is 0. The maximum atomic E-state index is 10.7. The maximum Gasteiger partial charge on any atom is 0.104 e. The Morgan fingerprint density at radius 3 is 2.85 bits per heavy atom. The van der Waals surface area contributed by atoms with E-state index >= 15 is 0 Å². The highest BCUT2D eigenvalue weighted by Crippen LogP contribution is 2.27. The second kappa shape index (κ2) is 5.49. The third kappa shape index (κ3) is 2.33. The summed E-state index contributed by atoms with van der Waals surface area (Å²) < 4.78 is 0. The molecule has 0 spiro atoms. The van der Waals surface area contributed by atoms with E-state index in [2.05, 4.69) is 10.3 Å². The van der Waals surface area contributed by atoms with Crippen LogP contribution in [0.25, 0.3) is 10.9 Å². The lowest BCUT2D eigenvalue weighted by atomic mass is 9.96. The molecule has 3 N–H and O–H groups in total. The molecule has 0 aliphatic carbocycles. The number of H-pyrrole nitrogens is 1. The van der Waals surface area contributed by atoms with Gasteiger partial charge in [-0.2, -0.15) is 0 Å². The number of hydrogen-bond donors (Lipinski definition) is 3. The molecule has 0 amide bonds. The van der Waals surface area contributed by atoms with E-state index < -0.39 is 6.10 Å². The minimum Gasteiger partial charge on any atom is -0.384 e. The molecule has 0 saturated heterocycles. The Bertz CT molecular complexity index is 718. The molecule has 2 aromatic carbocycles. The van der Waals surface area contributed by atoms with Crippen molar-refractivity contribution in [3.05, 3.63) is 71.4 Å². The number of aliphatic hydroxyl groups is 1. The molecule has 0 radical (unpaired) electrons. The van der Waals surface area contributed by atoms with Gasteiger partial charge in [-0.25, -0.2) is 0 Å². The summed E-state index contributed by atoms with van der Waals surface area (Å²) in [6.07, 6.45) is 1.31. The zero-order valence-corrected chi connectivity index (χ0v) is 11.4. The first kappa shape index (κ1) is 12.9. The fraction of sp³-hybridized carbons (Fsp3) is 0.176. The van der Waals surface area contributed by atoms with Crippen LogP contribution in [0.2, 0.25) is 0 Å². The summed E-state index contributed by atoms with van der Waals surface area (Å²) in [5, 5.41) is 14.9. The summed E-state index contributed by atoms with van der Waals surface area (Å²) in [6.45, 7) is 0.750. The van der Waals surface area contributed by atoms with Gasteiger partial charge in [-0.3, -0.25) is 0 Å². The Labute approximate surface area is 118 Å². The van der Waals surface area contributed by atoms with Gasteiger partial charge in [-0.1, -0.05) is 30.3 Å². The first-order chi connectivity index (χ1) is 9.79. The van der Waals surface area contributed by atoms with Crippen LogP contribution in [0, 0.1) is 0 Å². The van der Waals surface area contributed by atoms with E-state index in [9.17, 15) is 5.11 Å². The molecule has 1 aromatic heterocycles. The molecule has 3 nitrogen and oxygen atoms in total. The summed E-state index contributed by atoms with van der Waals surface area (Å²) in [7, 11) is 1.91. The van der Waals surface area contributed by atoms with E-state index in [1.54, 1.807) is 0 Å². The zero-order valence-electron chi connectivity index (χ0n) is 11.4. The standard InChI is InChI=1S/C17H18N2O/c1-18-11-14-4-2-3-5-15(14)17(20)13-6-7-16-12(10-13)8-9-19-16/h2-10,17-20H,11H2,1H3. The van der Waals surface area contributed by atoms with Crippen LogP contribution >= 0.6 is 0 Å². The topological polar surface area (TPSA) is 48.0 Å². The van der Waals surface area contributed by atoms with Gasteiger partial charge in [0.1, 0.15) is 6.10 Å². The van der Waals surface area contributed by atoms with E-state index in [4.69, 9.17) is 0 Å². The average molecular weight is 266 g/mol. The van der Waals surface area contributed by atoms with Crippen LogP contribution in [-0.4, -0.2) is 17.1 Å². The van der Waals surface area contributed by atoms with Crippen molar-refractivity contribution in [3.8, 4) is 0 Å². The molecule has 0 aliphatic rings. The van der Waals surface area contributed by atoms with Crippen molar-refractivity contribution in [2.24, 2.45) is 0 Å². The lowest BCUT2D eigenvalue weighted by Gasteiger charge is -2.16. The molecule has 1 unspecified atom stereocenters. The molecule has 3 rings (SSSR count). The van der Waals surface area contributed by atoms with Crippen molar-refractivity contribution in [3.63, 3.8) is 0 Å². The van der Waals surface area contributed by atoms with Gasteiger partial charge < -0.3 is 15.4 Å². The van der Waals surface area contributed by atoms with E-state index in [-0.39, 0.29) is 0 Å². The number of fused-ring (bicyclic) bond motifs is 1. The molecule has 20 heavy (non-hydrogen) atoms. The van der Waals surface area contributed by atoms with Crippen molar-refractivity contribution >= 4 is 10.9 Å². The zero-order chi connectivity index (χ0) is 13.9. The average Bonchev–Trinajstić information content (AvgIpc) is 2.95. The number of aliphatic hydroxyl groups excluding tert-OH is 1. The monoisotopic (exact) mass is 266 g/mol. The predicted octanol–water partition coefficient (Wildman–Crippen LogP) is 2.97. The Balaban J connectivity index is 2.00.